The van der Waals surface area contributed by atoms with Crippen molar-refractivity contribution >= 4 is 11.6 Å². The van der Waals surface area contributed by atoms with Crippen molar-refractivity contribution in [3.63, 3.8) is 0 Å². The average molecular weight is 222 g/mol. The maximum Gasteiger partial charge on any atom is 0.0476 e. The number of nitrogens with one attached hydrogen (secondary N) is 1. The standard InChI is InChI=1S/C11H24ClNO/c1-9(2)7-11(8-12)13-10(3)5-6-14-4/h9-11,13H,5-8H2,1-4H3. The van der Waals surface area contributed by atoms with E-state index in [-0.39, 0.29) is 0 Å². The molecule has 0 aromatic heterocycles. The fourth-order valence-electron chi connectivity index (χ4n) is 1.52. The number of methoxy groups -OCH3 is 1. The molecule has 0 aliphatic rings. The Morgan fingerprint density at radius 1 is 1.29 bits per heavy atom. The van der Waals surface area contributed by atoms with Gasteiger partial charge in [0.2, 0.25) is 0 Å². The minimum Gasteiger partial charge on any atom is -0.385 e. The summed E-state index contributed by atoms with van der Waals surface area (Å²) in [6.07, 6.45) is 2.18. The Bertz CT molecular complexity index is 130. The third kappa shape index (κ3) is 7.60. The van der Waals surface area contributed by atoms with E-state index in [2.05, 4.69) is 26.1 Å². The first-order valence-corrected chi connectivity index (χ1v) is 5.94. The van der Waals surface area contributed by atoms with Gasteiger partial charge in [-0.25, -0.2) is 0 Å². The minimum atomic E-state index is 0.434. The quantitative estimate of drug-likeness (QED) is 0.637. The fourth-order valence-corrected chi connectivity index (χ4v) is 1.74. The Balaban J connectivity index is 3.68. The van der Waals surface area contributed by atoms with Gasteiger partial charge in [0.1, 0.15) is 0 Å². The molecule has 2 unspecified atom stereocenters. The smallest absolute Gasteiger partial charge is 0.0476 e. The molecule has 0 aromatic carbocycles. The lowest BCUT2D eigenvalue weighted by atomic mass is 10.0. The average Bonchev–Trinajstić information content (AvgIpc) is 2.12. The Morgan fingerprint density at radius 2 is 1.93 bits per heavy atom. The Labute approximate surface area is 93.4 Å². The Hall–Kier alpha value is 0.210. The molecule has 0 heterocycles. The highest BCUT2D eigenvalue weighted by atomic mass is 35.5. The van der Waals surface area contributed by atoms with Crippen LogP contribution >= 0.6 is 11.6 Å². The third-order valence-corrected chi connectivity index (χ3v) is 2.59. The molecule has 0 radical (unpaired) electrons. The molecule has 0 saturated carbocycles. The molecule has 2 atom stereocenters. The van der Waals surface area contributed by atoms with Crippen molar-refractivity contribution in [2.24, 2.45) is 5.92 Å². The van der Waals surface area contributed by atoms with Crippen molar-refractivity contribution in [1.82, 2.24) is 5.32 Å². The van der Waals surface area contributed by atoms with Crippen molar-refractivity contribution in [1.29, 1.82) is 0 Å². The summed E-state index contributed by atoms with van der Waals surface area (Å²) in [5.41, 5.74) is 0. The molecule has 86 valence electrons. The first kappa shape index (κ1) is 14.2. The van der Waals surface area contributed by atoms with Gasteiger partial charge in [-0.05, 0) is 25.7 Å². The highest BCUT2D eigenvalue weighted by Gasteiger charge is 2.12. The van der Waals surface area contributed by atoms with Gasteiger partial charge in [0.05, 0.1) is 0 Å². The third-order valence-electron chi connectivity index (χ3n) is 2.22. The van der Waals surface area contributed by atoms with Crippen LogP contribution in [0.2, 0.25) is 0 Å². The highest BCUT2D eigenvalue weighted by Crippen LogP contribution is 2.07. The van der Waals surface area contributed by atoms with Gasteiger partial charge in [-0.2, -0.15) is 0 Å². The van der Waals surface area contributed by atoms with Gasteiger partial charge < -0.3 is 10.1 Å². The number of hydrogen-bond donors (Lipinski definition) is 1. The zero-order valence-electron chi connectivity index (χ0n) is 9.85. The molecule has 3 heteroatoms. The largest absolute Gasteiger partial charge is 0.385 e. The SMILES string of the molecule is COCCC(C)NC(CCl)CC(C)C. The zero-order valence-corrected chi connectivity index (χ0v) is 10.6. The van der Waals surface area contributed by atoms with E-state index in [0.717, 1.165) is 19.4 Å². The zero-order chi connectivity index (χ0) is 11.0. The van der Waals surface area contributed by atoms with E-state index >= 15 is 0 Å². The van der Waals surface area contributed by atoms with Gasteiger partial charge in [0.15, 0.2) is 0 Å². The van der Waals surface area contributed by atoms with Crippen LogP contribution in [0.1, 0.15) is 33.6 Å². The molecule has 0 rings (SSSR count). The molecule has 2 nitrogen and oxygen atoms in total. The summed E-state index contributed by atoms with van der Waals surface area (Å²) in [5, 5.41) is 3.52. The number of halogens is 1. The van der Waals surface area contributed by atoms with E-state index < -0.39 is 0 Å². The van der Waals surface area contributed by atoms with Crippen LogP contribution in [0, 0.1) is 5.92 Å². The Morgan fingerprint density at radius 3 is 2.36 bits per heavy atom. The van der Waals surface area contributed by atoms with Crippen LogP contribution in [0.4, 0.5) is 0 Å². The van der Waals surface area contributed by atoms with Crippen molar-refractivity contribution < 1.29 is 4.74 Å². The number of rotatable bonds is 8. The second-order valence-corrected chi connectivity index (χ2v) is 4.64. The number of ether oxygens (including phenoxy) is 1. The summed E-state index contributed by atoms with van der Waals surface area (Å²) in [7, 11) is 1.74. The molecule has 0 amide bonds. The Kier molecular flexibility index (Phi) is 8.64. The molecular formula is C11H24ClNO. The lowest BCUT2D eigenvalue weighted by molar-refractivity contribution is 0.182. The van der Waals surface area contributed by atoms with Gasteiger partial charge in [-0.15, -0.1) is 11.6 Å². The monoisotopic (exact) mass is 221 g/mol. The van der Waals surface area contributed by atoms with Crippen LogP contribution in [0.5, 0.6) is 0 Å². The van der Waals surface area contributed by atoms with Crippen LogP contribution in [-0.2, 0) is 4.74 Å². The van der Waals surface area contributed by atoms with Crippen molar-refractivity contribution in [2.75, 3.05) is 19.6 Å². The van der Waals surface area contributed by atoms with E-state index in [4.69, 9.17) is 16.3 Å². The molecule has 0 aromatic rings. The van der Waals surface area contributed by atoms with E-state index in [0.29, 0.717) is 23.9 Å². The molecular weight excluding hydrogens is 198 g/mol. The second-order valence-electron chi connectivity index (χ2n) is 4.33. The first-order chi connectivity index (χ1) is 6.60. The fraction of sp³-hybridized carbons (Fsp3) is 1.00. The van der Waals surface area contributed by atoms with Crippen LogP contribution in [-0.4, -0.2) is 31.7 Å². The minimum absolute atomic E-state index is 0.434. The second kappa shape index (κ2) is 8.51. The summed E-state index contributed by atoms with van der Waals surface area (Å²) in [6, 6.07) is 0.918. The predicted octanol–water partition coefficient (Wildman–Crippen LogP) is 2.65. The highest BCUT2D eigenvalue weighted by molar-refractivity contribution is 6.18. The lowest BCUT2D eigenvalue weighted by Crippen LogP contribution is -2.39. The van der Waals surface area contributed by atoms with Crippen molar-refractivity contribution in [3.8, 4) is 0 Å². The van der Waals surface area contributed by atoms with Crippen molar-refractivity contribution in [2.45, 2.75) is 45.7 Å². The van der Waals surface area contributed by atoms with Gasteiger partial charge in [-0.3, -0.25) is 0 Å². The molecule has 0 saturated heterocycles. The van der Waals surface area contributed by atoms with Crippen LogP contribution in [0.3, 0.4) is 0 Å². The molecule has 0 aliphatic carbocycles. The number of alkyl halides is 1. The van der Waals surface area contributed by atoms with E-state index in [9.17, 15) is 0 Å². The molecule has 14 heavy (non-hydrogen) atoms. The van der Waals surface area contributed by atoms with Gasteiger partial charge in [0.25, 0.3) is 0 Å². The molecule has 0 bridgehead atoms. The van der Waals surface area contributed by atoms with Crippen molar-refractivity contribution in [3.05, 3.63) is 0 Å². The van der Waals surface area contributed by atoms with Gasteiger partial charge in [-0.1, -0.05) is 13.8 Å². The summed E-state index contributed by atoms with van der Waals surface area (Å²) >= 11 is 5.90. The number of hydrogen-bond acceptors (Lipinski definition) is 2. The summed E-state index contributed by atoms with van der Waals surface area (Å²) in [5.74, 6) is 1.39. The van der Waals surface area contributed by atoms with Crippen LogP contribution < -0.4 is 5.32 Å². The molecule has 0 aliphatic heterocycles. The molecule has 1 N–H and O–H groups in total. The van der Waals surface area contributed by atoms with E-state index in [1.54, 1.807) is 7.11 Å². The molecule has 0 fully saturated rings. The van der Waals surface area contributed by atoms with Gasteiger partial charge >= 0.3 is 0 Å². The summed E-state index contributed by atoms with van der Waals surface area (Å²) in [6.45, 7) is 7.44. The van der Waals surface area contributed by atoms with Crippen LogP contribution in [0.25, 0.3) is 0 Å². The first-order valence-electron chi connectivity index (χ1n) is 5.41. The normalized spacial score (nSPS) is 15.9. The lowest BCUT2D eigenvalue weighted by Gasteiger charge is -2.22. The predicted molar refractivity (Wildman–Crippen MR) is 63.1 cm³/mol. The molecule has 0 spiro atoms. The topological polar surface area (TPSA) is 21.3 Å². The maximum absolute atomic E-state index is 5.90. The summed E-state index contributed by atoms with van der Waals surface area (Å²) < 4.78 is 5.04. The van der Waals surface area contributed by atoms with E-state index in [1.165, 1.54) is 0 Å². The summed E-state index contributed by atoms with van der Waals surface area (Å²) in [4.78, 5) is 0. The van der Waals surface area contributed by atoms with Gasteiger partial charge in [0, 0.05) is 31.7 Å². The van der Waals surface area contributed by atoms with E-state index in [1.807, 2.05) is 0 Å². The maximum atomic E-state index is 5.90. The van der Waals surface area contributed by atoms with Crippen LogP contribution in [0.15, 0.2) is 0 Å².